The Morgan fingerprint density at radius 2 is 2.07 bits per heavy atom. The number of carbonyl (C=O) groups is 2. The van der Waals surface area contributed by atoms with E-state index in [4.69, 9.17) is 0 Å². The van der Waals surface area contributed by atoms with Crippen LogP contribution >= 0.6 is 0 Å². The lowest BCUT2D eigenvalue weighted by Crippen LogP contribution is -2.17. The molecule has 14 heavy (non-hydrogen) atoms. The van der Waals surface area contributed by atoms with Crippen molar-refractivity contribution in [2.75, 3.05) is 0 Å². The van der Waals surface area contributed by atoms with Crippen LogP contribution in [0, 0.1) is 5.92 Å². The zero-order valence-electron chi connectivity index (χ0n) is 8.36. The van der Waals surface area contributed by atoms with Crippen LogP contribution in [0.5, 0.6) is 0 Å². The van der Waals surface area contributed by atoms with E-state index in [0.717, 1.165) is 0 Å². The zero-order valence-corrected chi connectivity index (χ0v) is 8.36. The third kappa shape index (κ3) is 2.76. The number of aromatic nitrogens is 1. The van der Waals surface area contributed by atoms with Gasteiger partial charge in [0.1, 0.15) is 5.69 Å². The second-order valence-corrected chi connectivity index (χ2v) is 3.57. The number of rotatable bonds is 4. The summed E-state index contributed by atoms with van der Waals surface area (Å²) >= 11 is 0. The first-order chi connectivity index (χ1) is 6.61. The van der Waals surface area contributed by atoms with Crippen LogP contribution in [-0.4, -0.2) is 16.6 Å². The summed E-state index contributed by atoms with van der Waals surface area (Å²) in [4.78, 5) is 26.7. The highest BCUT2D eigenvalue weighted by Gasteiger charge is 2.17. The molecule has 0 saturated carbocycles. The van der Waals surface area contributed by atoms with Gasteiger partial charge in [0.25, 0.3) is 0 Å². The third-order valence-electron chi connectivity index (χ3n) is 1.74. The van der Waals surface area contributed by atoms with E-state index in [1.807, 2.05) is 13.8 Å². The molecular formula is C11H13NO2. The SMILES string of the molecule is CC(C)CC(=O)C(=O)c1ccccn1. The molecule has 0 aliphatic heterocycles. The van der Waals surface area contributed by atoms with Crippen LogP contribution in [0.15, 0.2) is 24.4 Å². The van der Waals surface area contributed by atoms with Crippen molar-refractivity contribution in [1.29, 1.82) is 0 Å². The molecule has 0 radical (unpaired) electrons. The molecule has 0 bridgehead atoms. The molecule has 0 aliphatic carbocycles. The van der Waals surface area contributed by atoms with E-state index in [2.05, 4.69) is 4.98 Å². The number of nitrogens with zero attached hydrogens (tertiary/aromatic N) is 1. The second-order valence-electron chi connectivity index (χ2n) is 3.57. The summed E-state index contributed by atoms with van der Waals surface area (Å²) in [6, 6.07) is 4.97. The van der Waals surface area contributed by atoms with Gasteiger partial charge < -0.3 is 0 Å². The van der Waals surface area contributed by atoms with Crippen molar-refractivity contribution in [3.8, 4) is 0 Å². The molecule has 1 heterocycles. The fourth-order valence-electron chi connectivity index (χ4n) is 1.10. The van der Waals surface area contributed by atoms with Gasteiger partial charge >= 0.3 is 0 Å². The highest BCUT2D eigenvalue weighted by molar-refractivity contribution is 6.43. The molecule has 0 fully saturated rings. The Balaban J connectivity index is 2.72. The van der Waals surface area contributed by atoms with Gasteiger partial charge in [-0.25, -0.2) is 0 Å². The number of hydrogen-bond donors (Lipinski definition) is 0. The van der Waals surface area contributed by atoms with Gasteiger partial charge in [0.2, 0.25) is 11.6 Å². The average molecular weight is 191 g/mol. The third-order valence-corrected chi connectivity index (χ3v) is 1.74. The maximum atomic E-state index is 11.5. The highest BCUT2D eigenvalue weighted by atomic mass is 16.2. The second kappa shape index (κ2) is 4.65. The largest absolute Gasteiger partial charge is 0.290 e. The summed E-state index contributed by atoms with van der Waals surface area (Å²) in [6.45, 7) is 3.81. The van der Waals surface area contributed by atoms with E-state index in [1.54, 1.807) is 18.2 Å². The van der Waals surface area contributed by atoms with E-state index >= 15 is 0 Å². The van der Waals surface area contributed by atoms with E-state index in [9.17, 15) is 9.59 Å². The minimum atomic E-state index is -0.487. The van der Waals surface area contributed by atoms with E-state index in [0.29, 0.717) is 0 Å². The standard InChI is InChI=1S/C11H13NO2/c1-8(2)7-10(13)11(14)9-5-3-4-6-12-9/h3-6,8H,7H2,1-2H3. The van der Waals surface area contributed by atoms with Gasteiger partial charge in [0.05, 0.1) is 0 Å². The summed E-state index contributed by atoms with van der Waals surface area (Å²) in [5.41, 5.74) is 0.234. The summed E-state index contributed by atoms with van der Waals surface area (Å²) < 4.78 is 0. The van der Waals surface area contributed by atoms with Crippen LogP contribution < -0.4 is 0 Å². The van der Waals surface area contributed by atoms with Gasteiger partial charge in [0.15, 0.2) is 0 Å². The Labute approximate surface area is 83.2 Å². The number of Topliss-reactive ketones (excluding diaryl/α,β-unsaturated/α-hetero) is 2. The average Bonchev–Trinajstić information content (AvgIpc) is 2.17. The molecule has 0 aliphatic rings. The number of ketones is 2. The molecule has 0 saturated heterocycles. The lowest BCUT2D eigenvalue weighted by Gasteiger charge is -2.01. The predicted octanol–water partition coefficient (Wildman–Crippen LogP) is 1.88. The lowest BCUT2D eigenvalue weighted by molar-refractivity contribution is -0.115. The van der Waals surface area contributed by atoms with Gasteiger partial charge in [-0.1, -0.05) is 19.9 Å². The Bertz CT molecular complexity index is 330. The Morgan fingerprint density at radius 1 is 1.36 bits per heavy atom. The first-order valence-electron chi connectivity index (χ1n) is 4.60. The summed E-state index contributed by atoms with van der Waals surface area (Å²) in [7, 11) is 0. The summed E-state index contributed by atoms with van der Waals surface area (Å²) in [5.74, 6) is -0.645. The topological polar surface area (TPSA) is 47.0 Å². The Kier molecular flexibility index (Phi) is 3.51. The molecule has 0 unspecified atom stereocenters. The van der Waals surface area contributed by atoms with E-state index in [-0.39, 0.29) is 23.8 Å². The van der Waals surface area contributed by atoms with Crippen molar-refractivity contribution in [1.82, 2.24) is 4.98 Å². The van der Waals surface area contributed by atoms with E-state index < -0.39 is 5.78 Å². The van der Waals surface area contributed by atoms with Crippen molar-refractivity contribution in [3.63, 3.8) is 0 Å². The Hall–Kier alpha value is -1.51. The van der Waals surface area contributed by atoms with Gasteiger partial charge in [-0.2, -0.15) is 0 Å². The molecule has 74 valence electrons. The molecule has 0 atom stereocenters. The number of hydrogen-bond acceptors (Lipinski definition) is 3. The van der Waals surface area contributed by atoms with Crippen molar-refractivity contribution >= 4 is 11.6 Å². The van der Waals surface area contributed by atoms with Crippen molar-refractivity contribution in [3.05, 3.63) is 30.1 Å². The minimum absolute atomic E-state index is 0.204. The molecule has 1 aromatic rings. The van der Waals surface area contributed by atoms with Crippen LogP contribution in [0.3, 0.4) is 0 Å². The molecule has 3 nitrogen and oxygen atoms in total. The molecule has 0 amide bonds. The highest BCUT2D eigenvalue weighted by Crippen LogP contribution is 2.04. The van der Waals surface area contributed by atoms with Gasteiger partial charge in [-0.05, 0) is 18.1 Å². The molecule has 1 rings (SSSR count). The van der Waals surface area contributed by atoms with Crippen LogP contribution in [0.1, 0.15) is 30.8 Å². The fourth-order valence-corrected chi connectivity index (χ4v) is 1.10. The first-order valence-corrected chi connectivity index (χ1v) is 4.60. The lowest BCUT2D eigenvalue weighted by atomic mass is 10.0. The predicted molar refractivity (Wildman–Crippen MR) is 53.0 cm³/mol. The van der Waals surface area contributed by atoms with Gasteiger partial charge in [0, 0.05) is 12.6 Å². The molecule has 3 heteroatoms. The molecule has 1 aromatic heterocycles. The monoisotopic (exact) mass is 191 g/mol. The first kappa shape index (κ1) is 10.6. The van der Waals surface area contributed by atoms with Crippen molar-refractivity contribution in [2.24, 2.45) is 5.92 Å². The fraction of sp³-hybridized carbons (Fsp3) is 0.364. The number of carbonyl (C=O) groups excluding carboxylic acids is 2. The summed E-state index contributed by atoms with van der Waals surface area (Å²) in [6.07, 6.45) is 1.80. The molecule has 0 aromatic carbocycles. The van der Waals surface area contributed by atoms with Crippen molar-refractivity contribution in [2.45, 2.75) is 20.3 Å². The molecule has 0 spiro atoms. The van der Waals surface area contributed by atoms with Gasteiger partial charge in [-0.15, -0.1) is 0 Å². The van der Waals surface area contributed by atoms with Gasteiger partial charge in [-0.3, -0.25) is 14.6 Å². The Morgan fingerprint density at radius 3 is 2.57 bits per heavy atom. The van der Waals surface area contributed by atoms with Crippen molar-refractivity contribution < 1.29 is 9.59 Å². The number of pyridine rings is 1. The van der Waals surface area contributed by atoms with Crippen LogP contribution in [0.4, 0.5) is 0 Å². The zero-order chi connectivity index (χ0) is 10.6. The quantitative estimate of drug-likeness (QED) is 0.539. The van der Waals surface area contributed by atoms with Crippen LogP contribution in [0.2, 0.25) is 0 Å². The summed E-state index contributed by atoms with van der Waals surface area (Å²) in [5, 5.41) is 0. The maximum absolute atomic E-state index is 11.5. The normalized spacial score (nSPS) is 10.2. The minimum Gasteiger partial charge on any atom is -0.290 e. The smallest absolute Gasteiger partial charge is 0.246 e. The molecular weight excluding hydrogens is 178 g/mol. The van der Waals surface area contributed by atoms with E-state index in [1.165, 1.54) is 6.20 Å². The van der Waals surface area contributed by atoms with Crippen LogP contribution in [-0.2, 0) is 4.79 Å². The molecule has 0 N–H and O–H groups in total. The van der Waals surface area contributed by atoms with Crippen LogP contribution in [0.25, 0.3) is 0 Å². The maximum Gasteiger partial charge on any atom is 0.246 e.